The molecule has 0 radical (unpaired) electrons. The molecular weight excluding hydrogens is 166 g/mol. The van der Waals surface area contributed by atoms with Crippen LogP contribution in [0.2, 0.25) is 0 Å². The van der Waals surface area contributed by atoms with Gasteiger partial charge >= 0.3 is 5.97 Å². The van der Waals surface area contributed by atoms with Gasteiger partial charge in [-0.15, -0.1) is 0 Å². The van der Waals surface area contributed by atoms with Crippen LogP contribution in [0, 0.1) is 11.3 Å². The highest BCUT2D eigenvalue weighted by Gasteiger charge is 2.56. The molecule has 1 saturated carbocycles. The molecule has 13 heavy (non-hydrogen) atoms. The van der Waals surface area contributed by atoms with Crippen molar-refractivity contribution >= 4 is 5.97 Å². The zero-order valence-electron chi connectivity index (χ0n) is 8.14. The zero-order chi connectivity index (χ0) is 9.31. The minimum atomic E-state index is -0.0726. The van der Waals surface area contributed by atoms with Gasteiger partial charge in [-0.3, -0.25) is 4.79 Å². The Balaban J connectivity index is 2.01. The molecule has 1 heterocycles. The van der Waals surface area contributed by atoms with Crippen molar-refractivity contribution in [1.82, 2.24) is 5.32 Å². The lowest BCUT2D eigenvalue weighted by molar-refractivity contribution is -0.149. The Hall–Kier alpha value is -0.570. The average Bonchev–Trinajstić information content (AvgIpc) is 2.99. The molecule has 0 amide bonds. The van der Waals surface area contributed by atoms with E-state index in [1.807, 2.05) is 0 Å². The largest absolute Gasteiger partial charge is 0.469 e. The van der Waals surface area contributed by atoms with Crippen LogP contribution in [0.1, 0.15) is 25.7 Å². The fourth-order valence-electron chi connectivity index (χ4n) is 2.49. The van der Waals surface area contributed by atoms with Gasteiger partial charge < -0.3 is 10.1 Å². The van der Waals surface area contributed by atoms with Gasteiger partial charge in [-0.05, 0) is 44.7 Å². The summed E-state index contributed by atoms with van der Waals surface area (Å²) >= 11 is 0. The summed E-state index contributed by atoms with van der Waals surface area (Å²) in [6.45, 7) is 2.12. The molecule has 1 aliphatic carbocycles. The molecule has 0 spiro atoms. The highest BCUT2D eigenvalue weighted by atomic mass is 16.5. The lowest BCUT2D eigenvalue weighted by Crippen LogP contribution is -2.36. The Morgan fingerprint density at radius 3 is 2.46 bits per heavy atom. The van der Waals surface area contributed by atoms with Gasteiger partial charge in [0.15, 0.2) is 0 Å². The van der Waals surface area contributed by atoms with Gasteiger partial charge in [0.25, 0.3) is 0 Å². The predicted octanol–water partition coefficient (Wildman–Crippen LogP) is 0.939. The van der Waals surface area contributed by atoms with Crippen molar-refractivity contribution in [3.63, 3.8) is 0 Å². The summed E-state index contributed by atoms with van der Waals surface area (Å²) in [5, 5.41) is 3.32. The standard InChI is InChI=1S/C10H17NO2/c1-13-9(12)10(4-5-10)8-2-6-11-7-3-8/h8,11H,2-7H2,1H3. The van der Waals surface area contributed by atoms with Gasteiger partial charge in [-0.25, -0.2) is 0 Å². The van der Waals surface area contributed by atoms with Crippen molar-refractivity contribution in [2.45, 2.75) is 25.7 Å². The first-order valence-corrected chi connectivity index (χ1v) is 5.09. The van der Waals surface area contributed by atoms with Gasteiger partial charge in [0.1, 0.15) is 0 Å². The average molecular weight is 183 g/mol. The number of piperidine rings is 1. The third-order valence-corrected chi connectivity index (χ3v) is 3.50. The molecule has 2 rings (SSSR count). The number of esters is 1. The molecule has 74 valence electrons. The molecule has 0 bridgehead atoms. The van der Waals surface area contributed by atoms with Crippen LogP contribution in [0.5, 0.6) is 0 Å². The van der Waals surface area contributed by atoms with Gasteiger partial charge in [-0.1, -0.05) is 0 Å². The maximum atomic E-state index is 11.6. The number of nitrogens with one attached hydrogen (secondary N) is 1. The molecule has 1 N–H and O–H groups in total. The molecule has 0 unspecified atom stereocenters. The van der Waals surface area contributed by atoms with Gasteiger partial charge in [0.2, 0.25) is 0 Å². The lowest BCUT2D eigenvalue weighted by atomic mass is 9.82. The van der Waals surface area contributed by atoms with Crippen molar-refractivity contribution in [2.75, 3.05) is 20.2 Å². The summed E-state index contributed by atoms with van der Waals surface area (Å²) < 4.78 is 4.87. The monoisotopic (exact) mass is 183 g/mol. The molecule has 1 saturated heterocycles. The number of methoxy groups -OCH3 is 1. The van der Waals surface area contributed by atoms with E-state index in [2.05, 4.69) is 5.32 Å². The first kappa shape index (κ1) is 9.00. The van der Waals surface area contributed by atoms with E-state index in [0.29, 0.717) is 5.92 Å². The van der Waals surface area contributed by atoms with Crippen molar-refractivity contribution in [3.8, 4) is 0 Å². The van der Waals surface area contributed by atoms with E-state index in [1.54, 1.807) is 0 Å². The maximum Gasteiger partial charge on any atom is 0.312 e. The molecule has 0 aromatic rings. The second-order valence-corrected chi connectivity index (χ2v) is 4.17. The van der Waals surface area contributed by atoms with Crippen LogP contribution in [-0.2, 0) is 9.53 Å². The molecule has 0 aromatic heterocycles. The molecule has 3 nitrogen and oxygen atoms in total. The third kappa shape index (κ3) is 1.46. The first-order chi connectivity index (χ1) is 6.29. The molecule has 0 atom stereocenters. The SMILES string of the molecule is COC(=O)C1(C2CCNCC2)CC1. The Bertz CT molecular complexity index is 205. The van der Waals surface area contributed by atoms with Crippen molar-refractivity contribution < 1.29 is 9.53 Å². The summed E-state index contributed by atoms with van der Waals surface area (Å²) in [7, 11) is 1.50. The molecule has 1 aliphatic heterocycles. The van der Waals surface area contributed by atoms with E-state index in [4.69, 9.17) is 4.74 Å². The number of carbonyl (C=O) groups is 1. The number of hydrogen-bond donors (Lipinski definition) is 1. The minimum absolute atomic E-state index is 0.0272. The molecule has 0 aromatic carbocycles. The van der Waals surface area contributed by atoms with Crippen LogP contribution in [0.3, 0.4) is 0 Å². The number of carbonyl (C=O) groups excluding carboxylic acids is 1. The van der Waals surface area contributed by atoms with Gasteiger partial charge in [0.05, 0.1) is 12.5 Å². The summed E-state index contributed by atoms with van der Waals surface area (Å²) in [6, 6.07) is 0. The fourth-order valence-corrected chi connectivity index (χ4v) is 2.49. The quantitative estimate of drug-likeness (QED) is 0.647. The van der Waals surface area contributed by atoms with Crippen molar-refractivity contribution in [2.24, 2.45) is 11.3 Å². The molecule has 2 aliphatic rings. The highest BCUT2D eigenvalue weighted by Crippen LogP contribution is 2.55. The van der Waals surface area contributed by atoms with Gasteiger partial charge in [-0.2, -0.15) is 0 Å². The fraction of sp³-hybridized carbons (Fsp3) is 0.900. The first-order valence-electron chi connectivity index (χ1n) is 5.09. The van der Waals surface area contributed by atoms with Gasteiger partial charge in [0, 0.05) is 0 Å². The predicted molar refractivity (Wildman–Crippen MR) is 49.3 cm³/mol. The van der Waals surface area contributed by atoms with E-state index in [1.165, 1.54) is 7.11 Å². The van der Waals surface area contributed by atoms with Crippen LogP contribution in [0.25, 0.3) is 0 Å². The van der Waals surface area contributed by atoms with E-state index < -0.39 is 0 Å². The van der Waals surface area contributed by atoms with E-state index >= 15 is 0 Å². The van der Waals surface area contributed by atoms with Crippen molar-refractivity contribution in [3.05, 3.63) is 0 Å². The zero-order valence-corrected chi connectivity index (χ0v) is 8.14. The molecule has 3 heteroatoms. The summed E-state index contributed by atoms with van der Waals surface area (Å²) in [5.41, 5.74) is -0.0726. The van der Waals surface area contributed by atoms with Crippen LogP contribution < -0.4 is 5.32 Å². The Kier molecular flexibility index (Phi) is 2.28. The number of hydrogen-bond acceptors (Lipinski definition) is 3. The molecular formula is C10H17NO2. The Morgan fingerprint density at radius 1 is 1.38 bits per heavy atom. The normalized spacial score (nSPS) is 26.8. The minimum Gasteiger partial charge on any atom is -0.469 e. The molecule has 2 fully saturated rings. The summed E-state index contributed by atoms with van der Waals surface area (Å²) in [5.74, 6) is 0.598. The van der Waals surface area contributed by atoms with E-state index in [9.17, 15) is 4.79 Å². The topological polar surface area (TPSA) is 38.3 Å². The van der Waals surface area contributed by atoms with E-state index in [0.717, 1.165) is 38.8 Å². The number of rotatable bonds is 2. The third-order valence-electron chi connectivity index (χ3n) is 3.50. The Labute approximate surface area is 78.8 Å². The number of ether oxygens (including phenoxy) is 1. The van der Waals surface area contributed by atoms with Crippen LogP contribution in [-0.4, -0.2) is 26.2 Å². The Morgan fingerprint density at radius 2 is 2.00 bits per heavy atom. The van der Waals surface area contributed by atoms with Crippen LogP contribution in [0.4, 0.5) is 0 Å². The second-order valence-electron chi connectivity index (χ2n) is 4.17. The highest BCUT2D eigenvalue weighted by molar-refractivity contribution is 5.80. The second kappa shape index (κ2) is 3.29. The van der Waals surface area contributed by atoms with Crippen molar-refractivity contribution in [1.29, 1.82) is 0 Å². The van der Waals surface area contributed by atoms with E-state index in [-0.39, 0.29) is 11.4 Å². The van der Waals surface area contributed by atoms with Crippen LogP contribution in [0.15, 0.2) is 0 Å². The van der Waals surface area contributed by atoms with Crippen LogP contribution >= 0.6 is 0 Å². The smallest absolute Gasteiger partial charge is 0.312 e. The summed E-state index contributed by atoms with van der Waals surface area (Å²) in [4.78, 5) is 11.6. The summed E-state index contributed by atoms with van der Waals surface area (Å²) in [6.07, 6.45) is 4.36. The lowest BCUT2D eigenvalue weighted by Gasteiger charge is -2.28. The maximum absolute atomic E-state index is 11.6.